The van der Waals surface area contributed by atoms with Crippen LogP contribution in [0.3, 0.4) is 0 Å². The van der Waals surface area contributed by atoms with E-state index in [9.17, 15) is 0 Å². The van der Waals surface area contributed by atoms with Gasteiger partial charge in [-0.1, -0.05) is 36.0 Å². The second-order valence-electron chi connectivity index (χ2n) is 6.05. The van der Waals surface area contributed by atoms with E-state index in [-0.39, 0.29) is 11.7 Å². The molecule has 2 N–H and O–H groups in total. The number of hydrogen-bond donors (Lipinski definition) is 1. The third-order valence-corrected chi connectivity index (χ3v) is 5.05. The van der Waals surface area contributed by atoms with Crippen LogP contribution in [0.2, 0.25) is 10.0 Å². The summed E-state index contributed by atoms with van der Waals surface area (Å²) in [6.07, 6.45) is 6.77. The molecule has 0 aromatic heterocycles. The van der Waals surface area contributed by atoms with Crippen molar-refractivity contribution in [3.8, 4) is 5.75 Å². The fourth-order valence-corrected chi connectivity index (χ4v) is 4.10. The zero-order valence-corrected chi connectivity index (χ0v) is 13.6. The normalized spacial score (nSPS) is 24.4. The molecule has 1 atom stereocenters. The van der Waals surface area contributed by atoms with Crippen molar-refractivity contribution in [1.29, 1.82) is 0 Å². The van der Waals surface area contributed by atoms with Crippen LogP contribution < -0.4 is 10.5 Å². The van der Waals surface area contributed by atoms with Crippen molar-refractivity contribution < 1.29 is 9.47 Å². The van der Waals surface area contributed by atoms with Gasteiger partial charge in [0.05, 0.1) is 17.2 Å². The molecule has 0 amide bonds. The molecule has 0 bridgehead atoms. The van der Waals surface area contributed by atoms with Crippen LogP contribution >= 0.6 is 23.2 Å². The van der Waals surface area contributed by atoms with Crippen molar-refractivity contribution >= 4 is 23.2 Å². The number of halogens is 2. The maximum absolute atomic E-state index is 6.29. The Balaban J connectivity index is 1.77. The fourth-order valence-electron chi connectivity index (χ4n) is 3.52. The van der Waals surface area contributed by atoms with Crippen LogP contribution in [0.15, 0.2) is 12.1 Å². The first kappa shape index (κ1) is 15.4. The topological polar surface area (TPSA) is 44.5 Å². The Labute approximate surface area is 135 Å². The Morgan fingerprint density at radius 3 is 2.76 bits per heavy atom. The first-order valence-corrected chi connectivity index (χ1v) is 8.36. The third kappa shape index (κ3) is 3.31. The molecule has 3 nitrogen and oxygen atoms in total. The molecule has 1 aromatic carbocycles. The summed E-state index contributed by atoms with van der Waals surface area (Å²) >= 11 is 12.3. The lowest BCUT2D eigenvalue weighted by Crippen LogP contribution is -2.41. The summed E-state index contributed by atoms with van der Waals surface area (Å²) in [7, 11) is 0. The molecule has 5 heteroatoms. The maximum Gasteiger partial charge on any atom is 0.142 e. The highest BCUT2D eigenvalue weighted by atomic mass is 35.5. The summed E-state index contributed by atoms with van der Waals surface area (Å²) in [4.78, 5) is 0. The van der Waals surface area contributed by atoms with E-state index in [1.807, 2.05) is 6.07 Å². The van der Waals surface area contributed by atoms with Gasteiger partial charge in [-0.05, 0) is 25.0 Å². The summed E-state index contributed by atoms with van der Waals surface area (Å²) in [5.41, 5.74) is 6.68. The van der Waals surface area contributed by atoms with Crippen LogP contribution in [0, 0.1) is 0 Å². The van der Waals surface area contributed by atoms with Gasteiger partial charge >= 0.3 is 0 Å². The van der Waals surface area contributed by atoms with Gasteiger partial charge in [0, 0.05) is 30.0 Å². The Bertz CT molecular complexity index is 515. The molecule has 1 saturated carbocycles. The minimum atomic E-state index is 0.0324. The zero-order valence-electron chi connectivity index (χ0n) is 12.0. The van der Waals surface area contributed by atoms with Crippen molar-refractivity contribution in [2.24, 2.45) is 5.73 Å². The van der Waals surface area contributed by atoms with Gasteiger partial charge in [0.2, 0.25) is 0 Å². The van der Waals surface area contributed by atoms with Crippen LogP contribution in [0.25, 0.3) is 0 Å². The van der Waals surface area contributed by atoms with E-state index in [2.05, 4.69) is 0 Å². The van der Waals surface area contributed by atoms with Gasteiger partial charge < -0.3 is 15.2 Å². The highest BCUT2D eigenvalue weighted by Gasteiger charge is 2.40. The van der Waals surface area contributed by atoms with Gasteiger partial charge in [-0.3, -0.25) is 0 Å². The lowest BCUT2D eigenvalue weighted by molar-refractivity contribution is -0.108. The molecule has 1 aliphatic heterocycles. The van der Waals surface area contributed by atoms with Crippen LogP contribution in [0.4, 0.5) is 0 Å². The predicted octanol–water partition coefficient (Wildman–Crippen LogP) is 4.32. The average Bonchev–Trinajstić information content (AvgIpc) is 2.89. The van der Waals surface area contributed by atoms with Crippen molar-refractivity contribution in [2.75, 3.05) is 6.61 Å². The maximum atomic E-state index is 6.29. The van der Waals surface area contributed by atoms with Crippen molar-refractivity contribution in [1.82, 2.24) is 0 Å². The standard InChI is InChI=1S/C16H21Cl2NO2/c17-12-7-11(10-19)15(14(18)8-12)21-13-3-6-20-16(9-13)4-1-2-5-16/h7-8,13H,1-6,9-10,19H2. The summed E-state index contributed by atoms with van der Waals surface area (Å²) < 4.78 is 12.2. The van der Waals surface area contributed by atoms with Crippen molar-refractivity contribution in [3.05, 3.63) is 27.7 Å². The molecule has 1 heterocycles. The largest absolute Gasteiger partial charge is 0.488 e. The number of ether oxygens (including phenoxy) is 2. The van der Waals surface area contributed by atoms with E-state index in [1.54, 1.807) is 6.07 Å². The van der Waals surface area contributed by atoms with Gasteiger partial charge in [-0.15, -0.1) is 0 Å². The minimum absolute atomic E-state index is 0.0324. The first-order chi connectivity index (χ1) is 10.1. The second kappa shape index (κ2) is 6.33. The van der Waals surface area contributed by atoms with E-state index >= 15 is 0 Å². The van der Waals surface area contributed by atoms with Gasteiger partial charge in [-0.2, -0.15) is 0 Å². The first-order valence-electron chi connectivity index (χ1n) is 7.60. The summed E-state index contributed by atoms with van der Waals surface area (Å²) in [6.45, 7) is 1.12. The van der Waals surface area contributed by atoms with Crippen LogP contribution in [-0.2, 0) is 11.3 Å². The highest BCUT2D eigenvalue weighted by molar-refractivity contribution is 6.35. The van der Waals surface area contributed by atoms with E-state index in [0.29, 0.717) is 22.3 Å². The molecule has 2 fully saturated rings. The Morgan fingerprint density at radius 2 is 2.05 bits per heavy atom. The third-order valence-electron chi connectivity index (χ3n) is 4.55. The number of nitrogens with two attached hydrogens (primary N) is 1. The summed E-state index contributed by atoms with van der Waals surface area (Å²) in [6, 6.07) is 3.54. The highest BCUT2D eigenvalue weighted by Crippen LogP contribution is 2.42. The Morgan fingerprint density at radius 1 is 1.29 bits per heavy atom. The molecule has 116 valence electrons. The summed E-state index contributed by atoms with van der Waals surface area (Å²) in [5, 5.41) is 1.13. The van der Waals surface area contributed by atoms with Gasteiger partial charge in [-0.25, -0.2) is 0 Å². The SMILES string of the molecule is NCc1cc(Cl)cc(Cl)c1OC1CCOC2(CCCC2)C1. The zero-order chi connectivity index (χ0) is 14.9. The van der Waals surface area contributed by atoms with E-state index < -0.39 is 0 Å². The molecule has 21 heavy (non-hydrogen) atoms. The van der Waals surface area contributed by atoms with E-state index in [1.165, 1.54) is 12.8 Å². The fraction of sp³-hybridized carbons (Fsp3) is 0.625. The van der Waals surface area contributed by atoms with Gasteiger partial charge in [0.1, 0.15) is 11.9 Å². The van der Waals surface area contributed by atoms with Crippen molar-refractivity contribution in [2.45, 2.75) is 56.8 Å². The molecule has 1 saturated heterocycles. The monoisotopic (exact) mass is 329 g/mol. The average molecular weight is 330 g/mol. The molecule has 2 aliphatic rings. The predicted molar refractivity (Wildman–Crippen MR) is 85.2 cm³/mol. The van der Waals surface area contributed by atoms with E-state index in [4.69, 9.17) is 38.4 Å². The Hall–Kier alpha value is -0.480. The molecular formula is C16H21Cl2NO2. The Kier molecular flexibility index (Phi) is 4.65. The lowest BCUT2D eigenvalue weighted by atomic mass is 9.90. The van der Waals surface area contributed by atoms with Crippen molar-refractivity contribution in [3.63, 3.8) is 0 Å². The van der Waals surface area contributed by atoms with Crippen LogP contribution in [0.5, 0.6) is 5.75 Å². The van der Waals surface area contributed by atoms with Gasteiger partial charge in [0.15, 0.2) is 0 Å². The van der Waals surface area contributed by atoms with Crippen LogP contribution in [0.1, 0.15) is 44.1 Å². The molecule has 0 radical (unpaired) electrons. The van der Waals surface area contributed by atoms with Gasteiger partial charge in [0.25, 0.3) is 0 Å². The quantitative estimate of drug-likeness (QED) is 0.897. The molecule has 1 aliphatic carbocycles. The molecule has 1 spiro atoms. The smallest absolute Gasteiger partial charge is 0.142 e. The molecule has 3 rings (SSSR count). The van der Waals surface area contributed by atoms with E-state index in [0.717, 1.165) is 37.9 Å². The number of hydrogen-bond acceptors (Lipinski definition) is 3. The number of benzene rings is 1. The molecule has 1 aromatic rings. The van der Waals surface area contributed by atoms with Crippen LogP contribution in [-0.4, -0.2) is 18.3 Å². The number of rotatable bonds is 3. The minimum Gasteiger partial charge on any atom is -0.488 e. The summed E-state index contributed by atoms with van der Waals surface area (Å²) in [5.74, 6) is 0.684. The molecular weight excluding hydrogens is 309 g/mol. The lowest BCUT2D eigenvalue weighted by Gasteiger charge is -2.38. The second-order valence-corrected chi connectivity index (χ2v) is 6.89. The molecule has 1 unspecified atom stereocenters.